The molecule has 0 rings (SSSR count). The number of phosphoric ester groups is 2. The van der Waals surface area contributed by atoms with Crippen LogP contribution >= 0.6 is 15.6 Å². The minimum atomic E-state index is -4.91. The zero-order valence-electron chi connectivity index (χ0n) is 41.7. The van der Waals surface area contributed by atoms with E-state index in [0.29, 0.717) is 6.42 Å². The third-order valence-corrected chi connectivity index (χ3v) is 12.4. The topological polar surface area (TPSA) is 256 Å². The van der Waals surface area contributed by atoms with E-state index in [1.54, 1.807) is 42.5 Å². The predicted molar refractivity (Wildman–Crippen MR) is 266 cm³/mol. The molecular formula is C50H92O16P2. The van der Waals surface area contributed by atoms with E-state index in [1.807, 2.05) is 0 Å². The fourth-order valence-electron chi connectivity index (χ4n) is 6.98. The lowest BCUT2D eigenvalue weighted by Gasteiger charge is -2.20. The molecule has 0 aromatic carbocycles. The van der Waals surface area contributed by atoms with E-state index in [4.69, 9.17) is 23.8 Å². The third-order valence-electron chi connectivity index (χ3n) is 11.0. The summed E-state index contributed by atoms with van der Waals surface area (Å²) in [6.07, 6.45) is 34.6. The van der Waals surface area contributed by atoms with Gasteiger partial charge in [-0.3, -0.25) is 23.2 Å². The Balaban J connectivity index is 4.66. The van der Waals surface area contributed by atoms with Crippen LogP contribution in [-0.4, -0.2) is 104 Å². The first-order chi connectivity index (χ1) is 32.4. The zero-order chi connectivity index (χ0) is 50.7. The van der Waals surface area contributed by atoms with Gasteiger partial charge in [-0.2, -0.15) is 0 Å². The van der Waals surface area contributed by atoms with Gasteiger partial charge in [0.15, 0.2) is 6.10 Å². The maximum Gasteiger partial charge on any atom is 0.472 e. The van der Waals surface area contributed by atoms with E-state index >= 15 is 0 Å². The molecule has 68 heavy (non-hydrogen) atoms. The van der Waals surface area contributed by atoms with Gasteiger partial charge in [0.2, 0.25) is 0 Å². The molecule has 16 nitrogen and oxygen atoms in total. The second-order valence-electron chi connectivity index (χ2n) is 18.1. The van der Waals surface area contributed by atoms with Crippen LogP contribution in [0.5, 0.6) is 0 Å². The molecule has 0 aliphatic carbocycles. The molecule has 0 fully saturated rings. The lowest BCUT2D eigenvalue weighted by Crippen LogP contribution is -2.30. The Bertz CT molecular complexity index is 1450. The molecule has 0 aliphatic heterocycles. The number of esters is 2. The molecule has 6 atom stereocenters. The van der Waals surface area contributed by atoms with Crippen LogP contribution in [-0.2, 0) is 41.8 Å². The fraction of sp³-hybridized carbons (Fsp3) is 0.800. The van der Waals surface area contributed by atoms with Crippen molar-refractivity contribution in [1.29, 1.82) is 0 Å². The minimum absolute atomic E-state index is 0.0601. The maximum atomic E-state index is 12.7. The van der Waals surface area contributed by atoms with E-state index in [0.717, 1.165) is 57.3 Å². The number of ether oxygens (including phenoxy) is 2. The van der Waals surface area contributed by atoms with Crippen molar-refractivity contribution in [2.75, 3.05) is 26.4 Å². The molecule has 0 radical (unpaired) electrons. The van der Waals surface area contributed by atoms with Gasteiger partial charge in [0.05, 0.1) is 38.1 Å². The summed E-state index contributed by atoms with van der Waals surface area (Å²) in [6, 6.07) is 0. The van der Waals surface area contributed by atoms with Gasteiger partial charge in [-0.1, -0.05) is 204 Å². The second kappa shape index (κ2) is 43.7. The molecule has 7 N–H and O–H groups in total. The van der Waals surface area contributed by atoms with E-state index < -0.39 is 84.5 Å². The van der Waals surface area contributed by atoms with Crippen molar-refractivity contribution in [3.05, 3.63) is 48.6 Å². The summed E-state index contributed by atoms with van der Waals surface area (Å²) < 4.78 is 47.7. The molecule has 1 unspecified atom stereocenters. The molecular weight excluding hydrogens is 918 g/mol. The number of aliphatic hydroxyl groups is 4. The number of aliphatic hydroxyl groups excluding tert-OH is 4. The van der Waals surface area contributed by atoms with E-state index in [-0.39, 0.29) is 25.7 Å². The number of hydrogen-bond acceptors (Lipinski definition) is 13. The number of allylic oxidation sites excluding steroid dienone is 6. The minimum Gasteiger partial charge on any atom is -0.462 e. The highest BCUT2D eigenvalue weighted by Crippen LogP contribution is 2.44. The summed E-state index contributed by atoms with van der Waals surface area (Å²) in [7, 11) is -9.80. The fourth-order valence-corrected chi connectivity index (χ4v) is 8.13. The van der Waals surface area contributed by atoms with Gasteiger partial charge >= 0.3 is 27.6 Å². The molecule has 0 saturated carbocycles. The van der Waals surface area contributed by atoms with Crippen LogP contribution in [0.4, 0.5) is 0 Å². The van der Waals surface area contributed by atoms with Crippen molar-refractivity contribution in [2.45, 2.75) is 225 Å². The molecule has 18 heteroatoms. The molecule has 0 heterocycles. The molecule has 398 valence electrons. The first kappa shape index (κ1) is 66.0. The van der Waals surface area contributed by atoms with Gasteiger partial charge in [0, 0.05) is 12.8 Å². The van der Waals surface area contributed by atoms with Gasteiger partial charge < -0.3 is 44.6 Å². The summed E-state index contributed by atoms with van der Waals surface area (Å²) in [5, 5.41) is 40.3. The van der Waals surface area contributed by atoms with Crippen molar-refractivity contribution in [1.82, 2.24) is 0 Å². The van der Waals surface area contributed by atoms with Crippen LogP contribution in [0.25, 0.3) is 0 Å². The second-order valence-corrected chi connectivity index (χ2v) is 20.8. The Morgan fingerprint density at radius 3 is 1.49 bits per heavy atom. The Labute approximate surface area is 408 Å². The van der Waals surface area contributed by atoms with E-state index in [9.17, 15) is 44.0 Å². The SMILES string of the molecule is CCCCC[C@@H](O)/C=C/C=C\C=C\C=C\[C@@H](O)[C@H](O)CCCC(=O)OC[C@H](COP(=O)(O)OC[C@@H](O)COP(=O)(O)O)OC(=O)CCCCCCCCCCCCCCCCCCCCC(C)C. The molecule has 0 bridgehead atoms. The van der Waals surface area contributed by atoms with Crippen molar-refractivity contribution in [3.63, 3.8) is 0 Å². The maximum absolute atomic E-state index is 12.7. The number of carbonyl (C=O) groups is 2. The Hall–Kier alpha value is -2.04. The average Bonchev–Trinajstić information content (AvgIpc) is 3.28. The Kier molecular flexibility index (Phi) is 42.4. The van der Waals surface area contributed by atoms with Crippen molar-refractivity contribution >= 4 is 27.6 Å². The summed E-state index contributed by atoms with van der Waals surface area (Å²) in [4.78, 5) is 53.0. The Morgan fingerprint density at radius 1 is 0.500 bits per heavy atom. The highest BCUT2D eigenvalue weighted by molar-refractivity contribution is 7.47. The molecule has 0 aliphatic rings. The van der Waals surface area contributed by atoms with E-state index in [1.165, 1.54) is 96.0 Å². The van der Waals surface area contributed by atoms with Crippen LogP contribution in [0.15, 0.2) is 48.6 Å². The lowest BCUT2D eigenvalue weighted by molar-refractivity contribution is -0.161. The lowest BCUT2D eigenvalue weighted by atomic mass is 10.0. The van der Waals surface area contributed by atoms with E-state index in [2.05, 4.69) is 29.8 Å². The highest BCUT2D eigenvalue weighted by Gasteiger charge is 2.28. The summed E-state index contributed by atoms with van der Waals surface area (Å²) in [6.45, 7) is 3.64. The average molecular weight is 1010 g/mol. The van der Waals surface area contributed by atoms with Gasteiger partial charge in [0.25, 0.3) is 0 Å². The van der Waals surface area contributed by atoms with Gasteiger partial charge in [0.1, 0.15) is 12.7 Å². The van der Waals surface area contributed by atoms with Gasteiger partial charge in [-0.25, -0.2) is 9.13 Å². The van der Waals surface area contributed by atoms with Crippen molar-refractivity contribution < 1.29 is 76.9 Å². The smallest absolute Gasteiger partial charge is 0.462 e. The van der Waals surface area contributed by atoms with Crippen LogP contribution in [0.3, 0.4) is 0 Å². The van der Waals surface area contributed by atoms with Crippen LogP contribution in [0.1, 0.15) is 194 Å². The summed E-state index contributed by atoms with van der Waals surface area (Å²) in [5.74, 6) is -0.536. The molecule has 0 saturated heterocycles. The molecule has 0 amide bonds. The molecule has 0 aromatic heterocycles. The van der Waals surface area contributed by atoms with Crippen LogP contribution in [0.2, 0.25) is 0 Å². The first-order valence-electron chi connectivity index (χ1n) is 25.5. The number of hydrogen-bond donors (Lipinski definition) is 7. The monoisotopic (exact) mass is 1010 g/mol. The standard InChI is InChI=1S/C50H92O16P2/c1-4-5-26-33-44(51)34-28-23-20-21-24-29-35-47(53)48(54)36-31-38-49(55)62-41-46(42-65-68(60,61)64-40-45(52)39-63-67(57,58)59)66-50(56)37-30-25-19-17-15-13-11-9-7-6-8-10-12-14-16-18-22-27-32-43(2)3/h20-21,23-24,28-29,34-35,43-48,51-54H,4-19,22,25-27,30-33,36-42H2,1-3H3,(H,60,61)(H2,57,58,59)/b23-20-,24-21+,34-28+,35-29+/t44-,45+,46-,47-,48-/m1/s1. The van der Waals surface area contributed by atoms with Gasteiger partial charge in [-0.15, -0.1) is 0 Å². The normalized spacial score (nSPS) is 15.7. The third kappa shape index (κ3) is 46.3. The van der Waals surface area contributed by atoms with Crippen LogP contribution < -0.4 is 0 Å². The van der Waals surface area contributed by atoms with Gasteiger partial charge in [-0.05, 0) is 31.6 Å². The first-order valence-corrected chi connectivity index (χ1v) is 28.5. The Morgan fingerprint density at radius 2 is 0.956 bits per heavy atom. The van der Waals surface area contributed by atoms with Crippen LogP contribution in [0, 0.1) is 5.92 Å². The van der Waals surface area contributed by atoms with Crippen molar-refractivity contribution in [2.24, 2.45) is 5.92 Å². The predicted octanol–water partition coefficient (Wildman–Crippen LogP) is 10.6. The largest absolute Gasteiger partial charge is 0.472 e. The number of phosphoric acid groups is 2. The highest BCUT2D eigenvalue weighted by atomic mass is 31.2. The van der Waals surface area contributed by atoms with Crippen molar-refractivity contribution in [3.8, 4) is 0 Å². The number of unbranched alkanes of at least 4 members (excludes halogenated alkanes) is 19. The molecule has 0 spiro atoms. The number of rotatable bonds is 47. The quantitative estimate of drug-likeness (QED) is 0.0129. The number of carbonyl (C=O) groups excluding carboxylic acids is 2. The summed E-state index contributed by atoms with van der Waals surface area (Å²) >= 11 is 0. The summed E-state index contributed by atoms with van der Waals surface area (Å²) in [5.41, 5.74) is 0. The zero-order valence-corrected chi connectivity index (χ0v) is 43.5. The molecule has 0 aromatic rings.